The van der Waals surface area contributed by atoms with Crippen LogP contribution in [0.1, 0.15) is 18.1 Å². The first-order chi connectivity index (χ1) is 15.6. The van der Waals surface area contributed by atoms with Crippen molar-refractivity contribution >= 4 is 23.1 Å². The quantitative estimate of drug-likeness (QED) is 0.548. The van der Waals surface area contributed by atoms with Crippen LogP contribution in [0.3, 0.4) is 0 Å². The van der Waals surface area contributed by atoms with Gasteiger partial charge in [-0.15, -0.1) is 0 Å². The predicted molar refractivity (Wildman–Crippen MR) is 121 cm³/mol. The van der Waals surface area contributed by atoms with E-state index in [9.17, 15) is 9.59 Å². The van der Waals surface area contributed by atoms with E-state index in [0.29, 0.717) is 34.9 Å². The van der Waals surface area contributed by atoms with Crippen LogP contribution < -0.4 is 14.8 Å². The number of benzene rings is 2. The van der Waals surface area contributed by atoms with E-state index >= 15 is 0 Å². The van der Waals surface area contributed by atoms with Gasteiger partial charge in [0.1, 0.15) is 17.2 Å². The Kier molecular flexibility index (Phi) is 6.17. The van der Waals surface area contributed by atoms with Crippen LogP contribution in [-0.2, 0) is 16.1 Å². The predicted octanol–water partition coefficient (Wildman–Crippen LogP) is 3.88. The van der Waals surface area contributed by atoms with E-state index in [1.165, 1.54) is 4.90 Å². The second kappa shape index (κ2) is 9.34. The summed E-state index contributed by atoms with van der Waals surface area (Å²) < 4.78 is 10.8. The number of carbonyl (C=O) groups excluding carboxylic acids is 2. The molecule has 0 aliphatic carbocycles. The van der Waals surface area contributed by atoms with Crippen molar-refractivity contribution in [3.05, 3.63) is 89.9 Å². The summed E-state index contributed by atoms with van der Waals surface area (Å²) in [5.74, 6) is 0.573. The monoisotopic (exact) mass is 429 g/mol. The van der Waals surface area contributed by atoms with Crippen molar-refractivity contribution in [2.24, 2.45) is 0 Å². The lowest BCUT2D eigenvalue weighted by molar-refractivity contribution is -0.137. The summed E-state index contributed by atoms with van der Waals surface area (Å²) in [6.07, 6.45) is 3.29. The van der Waals surface area contributed by atoms with Gasteiger partial charge in [0.05, 0.1) is 25.8 Å². The summed E-state index contributed by atoms with van der Waals surface area (Å²) in [6, 6.07) is 17.9. The molecule has 4 rings (SSSR count). The zero-order chi connectivity index (χ0) is 22.5. The Balaban J connectivity index is 1.72. The molecule has 0 fully saturated rings. The molecule has 0 bridgehead atoms. The average Bonchev–Trinajstić information content (AvgIpc) is 3.04. The first kappa shape index (κ1) is 21.1. The number of methoxy groups -OCH3 is 1. The van der Waals surface area contributed by atoms with Gasteiger partial charge < -0.3 is 14.8 Å². The first-order valence-electron chi connectivity index (χ1n) is 10.2. The summed E-state index contributed by atoms with van der Waals surface area (Å²) in [4.78, 5) is 32.0. The van der Waals surface area contributed by atoms with Crippen molar-refractivity contribution in [1.82, 2.24) is 9.88 Å². The van der Waals surface area contributed by atoms with Crippen molar-refractivity contribution in [1.29, 1.82) is 0 Å². The lowest BCUT2D eigenvalue weighted by Gasteiger charge is -2.15. The number of anilines is 1. The lowest BCUT2D eigenvalue weighted by Crippen LogP contribution is -2.32. The Labute approximate surface area is 186 Å². The number of rotatable bonds is 8. The van der Waals surface area contributed by atoms with Gasteiger partial charge in [-0.25, -0.2) is 0 Å². The van der Waals surface area contributed by atoms with Crippen molar-refractivity contribution in [3.8, 4) is 11.5 Å². The molecular formula is C25H23N3O4. The highest BCUT2D eigenvalue weighted by Gasteiger charge is 2.39. The molecule has 0 radical (unpaired) electrons. The SMILES string of the molecule is CCOc1cccc(NC2=C(c3ccc(OC)cc3)C(=O)N(Cc3cccnc3)C2=O)c1. The molecule has 1 aromatic heterocycles. The molecule has 0 unspecified atom stereocenters. The number of hydrogen-bond donors (Lipinski definition) is 1. The van der Waals surface area contributed by atoms with Crippen LogP contribution in [0.2, 0.25) is 0 Å². The van der Waals surface area contributed by atoms with E-state index in [1.54, 1.807) is 55.9 Å². The van der Waals surface area contributed by atoms with Crippen LogP contribution in [0, 0.1) is 0 Å². The molecule has 7 nitrogen and oxygen atoms in total. The van der Waals surface area contributed by atoms with Crippen molar-refractivity contribution in [2.75, 3.05) is 19.0 Å². The molecule has 3 aromatic rings. The van der Waals surface area contributed by atoms with Crippen LogP contribution in [0.4, 0.5) is 5.69 Å². The fourth-order valence-corrected chi connectivity index (χ4v) is 3.51. The van der Waals surface area contributed by atoms with E-state index in [-0.39, 0.29) is 18.1 Å². The molecule has 0 spiro atoms. The van der Waals surface area contributed by atoms with Crippen LogP contribution in [0.15, 0.2) is 78.8 Å². The third-order valence-corrected chi connectivity index (χ3v) is 5.02. The fraction of sp³-hybridized carbons (Fsp3) is 0.160. The average molecular weight is 429 g/mol. The lowest BCUT2D eigenvalue weighted by atomic mass is 10.0. The van der Waals surface area contributed by atoms with Gasteiger partial charge in [0.2, 0.25) is 0 Å². The van der Waals surface area contributed by atoms with Gasteiger partial charge in [-0.2, -0.15) is 0 Å². The number of ether oxygens (including phenoxy) is 2. The smallest absolute Gasteiger partial charge is 0.278 e. The molecule has 2 aromatic carbocycles. The van der Waals surface area contributed by atoms with Crippen molar-refractivity contribution in [2.45, 2.75) is 13.5 Å². The number of amides is 2. The zero-order valence-corrected chi connectivity index (χ0v) is 17.9. The van der Waals surface area contributed by atoms with Crippen LogP contribution >= 0.6 is 0 Å². The van der Waals surface area contributed by atoms with E-state index in [0.717, 1.165) is 5.56 Å². The van der Waals surface area contributed by atoms with Crippen molar-refractivity contribution < 1.29 is 19.1 Å². The molecule has 7 heteroatoms. The first-order valence-corrected chi connectivity index (χ1v) is 10.2. The number of hydrogen-bond acceptors (Lipinski definition) is 6. The molecule has 1 N–H and O–H groups in total. The normalized spacial score (nSPS) is 13.5. The number of pyridine rings is 1. The highest BCUT2D eigenvalue weighted by molar-refractivity contribution is 6.36. The van der Waals surface area contributed by atoms with Gasteiger partial charge in [0.25, 0.3) is 11.8 Å². The highest BCUT2D eigenvalue weighted by Crippen LogP contribution is 2.32. The van der Waals surface area contributed by atoms with Crippen LogP contribution in [-0.4, -0.2) is 35.4 Å². The van der Waals surface area contributed by atoms with Gasteiger partial charge in [-0.05, 0) is 48.4 Å². The van der Waals surface area contributed by atoms with Gasteiger partial charge in [0.15, 0.2) is 0 Å². The molecule has 32 heavy (non-hydrogen) atoms. The Bertz CT molecular complexity index is 1160. The summed E-state index contributed by atoms with van der Waals surface area (Å²) in [5, 5.41) is 3.15. The van der Waals surface area contributed by atoms with Crippen LogP contribution in [0.5, 0.6) is 11.5 Å². The topological polar surface area (TPSA) is 80.8 Å². The van der Waals surface area contributed by atoms with E-state index < -0.39 is 5.91 Å². The standard InChI is InChI=1S/C25H23N3O4/c1-3-32-21-8-4-7-19(14-21)27-23-22(18-9-11-20(31-2)12-10-18)24(29)28(25(23)30)16-17-6-5-13-26-15-17/h4-15,27H,3,16H2,1-2H3. The Morgan fingerprint density at radius 1 is 0.969 bits per heavy atom. The number of carbonyl (C=O) groups is 2. The Morgan fingerprint density at radius 3 is 2.47 bits per heavy atom. The number of imide groups is 1. The second-order valence-corrected chi connectivity index (χ2v) is 7.12. The van der Waals surface area contributed by atoms with Crippen LogP contribution in [0.25, 0.3) is 5.57 Å². The highest BCUT2D eigenvalue weighted by atomic mass is 16.5. The molecule has 1 aliphatic rings. The molecule has 0 atom stereocenters. The van der Waals surface area contributed by atoms with Gasteiger partial charge in [0, 0.05) is 24.1 Å². The minimum atomic E-state index is -0.397. The molecule has 0 saturated heterocycles. The minimum absolute atomic E-state index is 0.134. The molecule has 162 valence electrons. The summed E-state index contributed by atoms with van der Waals surface area (Å²) >= 11 is 0. The molecule has 0 saturated carbocycles. The zero-order valence-electron chi connectivity index (χ0n) is 17.9. The largest absolute Gasteiger partial charge is 0.497 e. The fourth-order valence-electron chi connectivity index (χ4n) is 3.51. The summed E-state index contributed by atoms with van der Waals surface area (Å²) in [5.41, 5.74) is 2.58. The summed E-state index contributed by atoms with van der Waals surface area (Å²) in [6.45, 7) is 2.56. The van der Waals surface area contributed by atoms with E-state index in [2.05, 4.69) is 10.3 Å². The molecular weight excluding hydrogens is 406 g/mol. The number of aromatic nitrogens is 1. The van der Waals surface area contributed by atoms with E-state index in [4.69, 9.17) is 9.47 Å². The number of nitrogens with one attached hydrogen (secondary N) is 1. The summed E-state index contributed by atoms with van der Waals surface area (Å²) in [7, 11) is 1.58. The molecule has 2 heterocycles. The number of nitrogens with zero attached hydrogens (tertiary/aromatic N) is 2. The maximum absolute atomic E-state index is 13.4. The third-order valence-electron chi connectivity index (χ3n) is 5.02. The van der Waals surface area contributed by atoms with E-state index in [1.807, 2.05) is 31.2 Å². The maximum Gasteiger partial charge on any atom is 0.278 e. The Hall–Kier alpha value is -4.13. The van der Waals surface area contributed by atoms with Gasteiger partial charge in [-0.1, -0.05) is 24.3 Å². The maximum atomic E-state index is 13.4. The van der Waals surface area contributed by atoms with Gasteiger partial charge in [-0.3, -0.25) is 19.5 Å². The molecule has 2 amide bonds. The van der Waals surface area contributed by atoms with Crippen molar-refractivity contribution in [3.63, 3.8) is 0 Å². The third kappa shape index (κ3) is 4.32. The second-order valence-electron chi connectivity index (χ2n) is 7.12. The Morgan fingerprint density at radius 2 is 1.78 bits per heavy atom. The van der Waals surface area contributed by atoms with Gasteiger partial charge >= 0.3 is 0 Å². The molecule has 1 aliphatic heterocycles. The minimum Gasteiger partial charge on any atom is -0.497 e.